The zero-order chi connectivity index (χ0) is 15.1. The molecule has 0 radical (unpaired) electrons. The van der Waals surface area contributed by atoms with Crippen molar-refractivity contribution in [1.29, 1.82) is 0 Å². The lowest BCUT2D eigenvalue weighted by Gasteiger charge is -2.06. The molecule has 2 aromatic rings. The lowest BCUT2D eigenvalue weighted by molar-refractivity contribution is -0.116. The van der Waals surface area contributed by atoms with Gasteiger partial charge in [-0.3, -0.25) is 4.79 Å². The Kier molecular flexibility index (Phi) is 5.69. The van der Waals surface area contributed by atoms with Crippen molar-refractivity contribution >= 4 is 23.4 Å². The quantitative estimate of drug-likeness (QED) is 0.620. The zero-order valence-corrected chi connectivity index (χ0v) is 12.8. The van der Waals surface area contributed by atoms with Gasteiger partial charge in [0.15, 0.2) is 0 Å². The third-order valence-corrected chi connectivity index (χ3v) is 4.12. The Morgan fingerprint density at radius 3 is 2.76 bits per heavy atom. The monoisotopic (exact) mass is 301 g/mol. The van der Waals surface area contributed by atoms with Crippen LogP contribution in [0.2, 0.25) is 0 Å². The summed E-state index contributed by atoms with van der Waals surface area (Å²) >= 11 is 1.57. The number of hydrogen-bond donors (Lipinski definition) is 2. The summed E-state index contributed by atoms with van der Waals surface area (Å²) in [7, 11) is 0. The van der Waals surface area contributed by atoms with Crippen LogP contribution >= 0.6 is 11.8 Å². The molecule has 0 aromatic heterocycles. The van der Waals surface area contributed by atoms with Gasteiger partial charge in [0.2, 0.25) is 5.91 Å². The Labute approximate surface area is 129 Å². The smallest absolute Gasteiger partial charge is 0.224 e. The van der Waals surface area contributed by atoms with Crippen LogP contribution < -0.4 is 5.32 Å². The van der Waals surface area contributed by atoms with Crippen LogP contribution in [-0.4, -0.2) is 16.8 Å². The molecule has 110 valence electrons. The van der Waals surface area contributed by atoms with Crippen LogP contribution in [0.15, 0.2) is 53.4 Å². The molecule has 0 bridgehead atoms. The average Bonchev–Trinajstić information content (AvgIpc) is 2.45. The van der Waals surface area contributed by atoms with Crippen LogP contribution in [0.1, 0.15) is 18.4 Å². The topological polar surface area (TPSA) is 49.3 Å². The van der Waals surface area contributed by atoms with Crippen LogP contribution in [0, 0.1) is 6.92 Å². The van der Waals surface area contributed by atoms with E-state index in [1.54, 1.807) is 23.9 Å². The highest BCUT2D eigenvalue weighted by atomic mass is 32.2. The molecule has 0 atom stereocenters. The molecule has 1 amide bonds. The van der Waals surface area contributed by atoms with E-state index in [1.807, 2.05) is 43.3 Å². The highest BCUT2D eigenvalue weighted by molar-refractivity contribution is 7.99. The summed E-state index contributed by atoms with van der Waals surface area (Å²) in [6.07, 6.45) is 1.26. The maximum Gasteiger partial charge on any atom is 0.224 e. The Bertz CT molecular complexity index is 613. The van der Waals surface area contributed by atoms with Gasteiger partial charge in [0.25, 0.3) is 0 Å². The van der Waals surface area contributed by atoms with Gasteiger partial charge >= 0.3 is 0 Å². The van der Waals surface area contributed by atoms with Gasteiger partial charge in [-0.1, -0.05) is 24.3 Å². The molecule has 0 saturated heterocycles. The number of hydrogen-bond acceptors (Lipinski definition) is 3. The molecule has 21 heavy (non-hydrogen) atoms. The average molecular weight is 301 g/mol. The van der Waals surface area contributed by atoms with E-state index >= 15 is 0 Å². The first-order chi connectivity index (χ1) is 10.1. The maximum absolute atomic E-state index is 11.8. The van der Waals surface area contributed by atoms with Crippen LogP contribution in [-0.2, 0) is 4.79 Å². The Morgan fingerprint density at radius 2 is 2.00 bits per heavy atom. The predicted octanol–water partition coefficient (Wildman–Crippen LogP) is 4.21. The molecule has 0 fully saturated rings. The molecule has 0 aliphatic carbocycles. The van der Waals surface area contributed by atoms with Crippen molar-refractivity contribution in [3.8, 4) is 5.75 Å². The Balaban J connectivity index is 1.71. The van der Waals surface area contributed by atoms with Gasteiger partial charge in [-0.2, -0.15) is 0 Å². The normalized spacial score (nSPS) is 10.3. The minimum atomic E-state index is 0.0264. The van der Waals surface area contributed by atoms with E-state index in [0.717, 1.165) is 28.3 Å². The van der Waals surface area contributed by atoms with Crippen LogP contribution in [0.25, 0.3) is 0 Å². The number of carbonyl (C=O) groups is 1. The van der Waals surface area contributed by atoms with Crippen molar-refractivity contribution in [2.24, 2.45) is 0 Å². The van der Waals surface area contributed by atoms with E-state index in [-0.39, 0.29) is 5.91 Å². The number of amides is 1. The summed E-state index contributed by atoms with van der Waals surface area (Å²) in [6.45, 7) is 2.00. The molecule has 0 aliphatic rings. The van der Waals surface area contributed by atoms with Crippen molar-refractivity contribution in [3.05, 3.63) is 54.1 Å². The minimum Gasteiger partial charge on any atom is -0.507 e. The van der Waals surface area contributed by atoms with Crippen LogP contribution in [0.4, 0.5) is 5.69 Å². The number of phenolic OH excluding ortho intramolecular Hbond substituents is 1. The molecule has 0 saturated carbocycles. The predicted molar refractivity (Wildman–Crippen MR) is 87.9 cm³/mol. The molecule has 0 unspecified atom stereocenters. The molecular weight excluding hydrogens is 282 g/mol. The zero-order valence-electron chi connectivity index (χ0n) is 12.0. The van der Waals surface area contributed by atoms with Crippen molar-refractivity contribution < 1.29 is 9.90 Å². The number of phenols is 1. The first-order valence-electron chi connectivity index (χ1n) is 6.92. The molecule has 0 spiro atoms. The fourth-order valence-electron chi connectivity index (χ4n) is 1.94. The number of carbonyl (C=O) groups excluding carboxylic acids is 1. The number of anilines is 1. The molecule has 4 heteroatoms. The summed E-state index contributed by atoms with van der Waals surface area (Å²) in [5.74, 6) is 1.13. The van der Waals surface area contributed by atoms with Crippen molar-refractivity contribution in [2.45, 2.75) is 24.7 Å². The van der Waals surface area contributed by atoms with Crippen molar-refractivity contribution in [2.75, 3.05) is 11.1 Å². The van der Waals surface area contributed by atoms with E-state index in [4.69, 9.17) is 0 Å². The second-order valence-corrected chi connectivity index (χ2v) is 5.97. The third-order valence-electron chi connectivity index (χ3n) is 2.97. The SMILES string of the molecule is Cc1cccc(NC(=O)CCCSc2ccccc2O)c1. The number of rotatable bonds is 6. The summed E-state index contributed by atoms with van der Waals surface area (Å²) in [4.78, 5) is 12.7. The van der Waals surface area contributed by atoms with E-state index in [1.165, 1.54) is 0 Å². The lowest BCUT2D eigenvalue weighted by Crippen LogP contribution is -2.11. The van der Waals surface area contributed by atoms with E-state index < -0.39 is 0 Å². The Hall–Kier alpha value is -1.94. The molecule has 0 heterocycles. The second kappa shape index (κ2) is 7.74. The number of aryl methyl sites for hydroxylation is 1. The minimum absolute atomic E-state index is 0.0264. The highest BCUT2D eigenvalue weighted by Gasteiger charge is 2.04. The number of nitrogens with one attached hydrogen (secondary N) is 1. The fourth-order valence-corrected chi connectivity index (χ4v) is 2.84. The van der Waals surface area contributed by atoms with E-state index in [0.29, 0.717) is 12.2 Å². The molecule has 2 aromatic carbocycles. The Morgan fingerprint density at radius 1 is 1.19 bits per heavy atom. The van der Waals surface area contributed by atoms with Crippen LogP contribution in [0.3, 0.4) is 0 Å². The standard InChI is InChI=1S/C17H19NO2S/c1-13-6-4-7-14(12-13)18-17(20)10-5-11-21-16-9-3-2-8-15(16)19/h2-4,6-9,12,19H,5,10-11H2,1H3,(H,18,20). The third kappa shape index (κ3) is 5.16. The largest absolute Gasteiger partial charge is 0.507 e. The molecule has 2 N–H and O–H groups in total. The van der Waals surface area contributed by atoms with E-state index in [2.05, 4.69) is 5.32 Å². The summed E-state index contributed by atoms with van der Waals surface area (Å²) < 4.78 is 0. The van der Waals surface area contributed by atoms with Gasteiger partial charge in [0.1, 0.15) is 5.75 Å². The maximum atomic E-state index is 11.8. The van der Waals surface area contributed by atoms with Crippen molar-refractivity contribution in [1.82, 2.24) is 0 Å². The van der Waals surface area contributed by atoms with Gasteiger partial charge in [0.05, 0.1) is 0 Å². The van der Waals surface area contributed by atoms with Crippen LogP contribution in [0.5, 0.6) is 5.75 Å². The van der Waals surface area contributed by atoms with Gasteiger partial charge < -0.3 is 10.4 Å². The molecule has 2 rings (SSSR count). The summed E-state index contributed by atoms with van der Waals surface area (Å²) in [5, 5.41) is 12.5. The number of aromatic hydroxyl groups is 1. The van der Waals surface area contributed by atoms with Gasteiger partial charge in [-0.05, 0) is 48.9 Å². The van der Waals surface area contributed by atoms with Gasteiger partial charge in [0, 0.05) is 17.0 Å². The molecule has 0 aliphatic heterocycles. The number of para-hydroxylation sites is 1. The number of thioether (sulfide) groups is 1. The van der Waals surface area contributed by atoms with Gasteiger partial charge in [-0.25, -0.2) is 0 Å². The molecular formula is C17H19NO2S. The second-order valence-electron chi connectivity index (χ2n) is 4.84. The van der Waals surface area contributed by atoms with Gasteiger partial charge in [-0.15, -0.1) is 11.8 Å². The highest BCUT2D eigenvalue weighted by Crippen LogP contribution is 2.28. The number of benzene rings is 2. The summed E-state index contributed by atoms with van der Waals surface area (Å²) in [6, 6.07) is 15.0. The van der Waals surface area contributed by atoms with Crippen molar-refractivity contribution in [3.63, 3.8) is 0 Å². The fraction of sp³-hybridized carbons (Fsp3) is 0.235. The first-order valence-corrected chi connectivity index (χ1v) is 7.91. The molecule has 3 nitrogen and oxygen atoms in total. The first kappa shape index (κ1) is 15.4. The lowest BCUT2D eigenvalue weighted by atomic mass is 10.2. The van der Waals surface area contributed by atoms with E-state index in [9.17, 15) is 9.90 Å². The summed E-state index contributed by atoms with van der Waals surface area (Å²) in [5.41, 5.74) is 1.97.